The minimum absolute atomic E-state index is 0.0240. The van der Waals surface area contributed by atoms with Gasteiger partial charge in [-0.3, -0.25) is 0 Å². The summed E-state index contributed by atoms with van der Waals surface area (Å²) in [6, 6.07) is 25.0. The lowest BCUT2D eigenvalue weighted by molar-refractivity contribution is -0.0139. The maximum Gasteiger partial charge on any atom is 0.119 e. The van der Waals surface area contributed by atoms with E-state index in [4.69, 9.17) is 114 Å². The molecule has 0 heterocycles. The molecule has 3 rings (SSSR count). The Morgan fingerprint density at radius 2 is 0.391 bits per heavy atom. The Kier molecular flexibility index (Phi) is 60.5. The highest BCUT2D eigenvalue weighted by Crippen LogP contribution is 2.18. The second-order valence-electron chi connectivity index (χ2n) is 17.8. The largest absolute Gasteiger partial charge is 0.491 e. The third-order valence-electron chi connectivity index (χ3n) is 11.0. The van der Waals surface area contributed by atoms with Gasteiger partial charge in [0.2, 0.25) is 0 Å². The molecule has 0 saturated heterocycles. The van der Waals surface area contributed by atoms with Gasteiger partial charge in [0.25, 0.3) is 0 Å². The SMILES string of the molecule is CCOCCOCCOCCOCCOCCOc1ccc(OCCOCCOCCOCCOCCO)cc1.CCOCCOCCOCCOCCOCCOc1ccc(OCCOCCOCCOCCOCCOCc2ccccc2)cc1. The van der Waals surface area contributed by atoms with Gasteiger partial charge >= 0.3 is 0 Å². The smallest absolute Gasteiger partial charge is 0.119 e. The van der Waals surface area contributed by atoms with Crippen molar-refractivity contribution < 1.29 is 114 Å². The molecule has 0 radical (unpaired) electrons. The average Bonchev–Trinajstić information content (AvgIpc) is 3.66. The normalized spacial score (nSPS) is 11.3. The minimum Gasteiger partial charge on any atom is -0.491 e. The molecular weight excluding hydrogens is 1140 g/mol. The van der Waals surface area contributed by atoms with Crippen molar-refractivity contribution >= 4 is 0 Å². The van der Waals surface area contributed by atoms with Crippen molar-refractivity contribution in [2.45, 2.75) is 20.5 Å². The van der Waals surface area contributed by atoms with Gasteiger partial charge < -0.3 is 114 Å². The molecule has 0 fully saturated rings. The molecule has 0 amide bonds. The van der Waals surface area contributed by atoms with Crippen molar-refractivity contribution in [1.82, 2.24) is 0 Å². The van der Waals surface area contributed by atoms with Crippen LogP contribution in [0.15, 0.2) is 78.9 Å². The maximum absolute atomic E-state index is 8.58. The molecule has 502 valence electrons. The Hall–Kier alpha value is -3.94. The van der Waals surface area contributed by atoms with Gasteiger partial charge in [-0.25, -0.2) is 0 Å². The molecule has 24 nitrogen and oxygen atoms in total. The standard InChI is InChI=1S/C35H56O12.C28H50O12/c1-2-36-12-13-37-14-15-38-16-18-40-22-24-43-28-30-46-34-8-10-35(11-9-34)47-31-29-44-25-23-41-19-17-39-20-21-42-26-27-45-32-33-6-4-3-5-7-33;1-2-30-9-10-32-13-14-34-17-18-36-20-22-38-24-26-40-28-5-3-27(4-6-28)39-25-23-37-21-19-35-16-15-33-12-11-31-8-7-29/h3-11H,2,12-32H2,1H3;3-6,29H,2,7-26H2,1H3. The summed E-state index contributed by atoms with van der Waals surface area (Å²) in [5.41, 5.74) is 1.16. The van der Waals surface area contributed by atoms with Gasteiger partial charge in [-0.05, 0) is 67.9 Å². The van der Waals surface area contributed by atoms with Gasteiger partial charge in [0.15, 0.2) is 0 Å². The van der Waals surface area contributed by atoms with Gasteiger partial charge in [0.05, 0.1) is 244 Å². The van der Waals surface area contributed by atoms with E-state index in [1.807, 2.05) is 92.7 Å². The summed E-state index contributed by atoms with van der Waals surface area (Å²) in [5, 5.41) is 8.58. The van der Waals surface area contributed by atoms with Crippen LogP contribution in [-0.2, 0) is 96.6 Å². The molecule has 0 bridgehead atoms. The van der Waals surface area contributed by atoms with E-state index >= 15 is 0 Å². The van der Waals surface area contributed by atoms with E-state index in [1.54, 1.807) is 0 Å². The topological polar surface area (TPSA) is 233 Å². The Morgan fingerprint density at radius 3 is 0.598 bits per heavy atom. The van der Waals surface area contributed by atoms with Crippen molar-refractivity contribution in [2.75, 3.05) is 277 Å². The van der Waals surface area contributed by atoms with Gasteiger partial charge in [-0.1, -0.05) is 30.3 Å². The summed E-state index contributed by atoms with van der Waals surface area (Å²) in [5.74, 6) is 3.01. The summed E-state index contributed by atoms with van der Waals surface area (Å²) >= 11 is 0. The van der Waals surface area contributed by atoms with Crippen LogP contribution in [0.3, 0.4) is 0 Å². The highest BCUT2D eigenvalue weighted by Gasteiger charge is 2.03. The molecule has 0 aliphatic heterocycles. The second-order valence-corrected chi connectivity index (χ2v) is 17.8. The molecule has 0 aromatic heterocycles. The van der Waals surface area contributed by atoms with E-state index < -0.39 is 0 Å². The first-order chi connectivity index (χ1) is 43.2. The van der Waals surface area contributed by atoms with Crippen LogP contribution in [0.4, 0.5) is 0 Å². The molecule has 0 spiro atoms. The molecule has 0 aliphatic rings. The molecular formula is C63H106O24. The highest BCUT2D eigenvalue weighted by atomic mass is 16.6. The lowest BCUT2D eigenvalue weighted by Gasteiger charge is -2.10. The van der Waals surface area contributed by atoms with E-state index in [0.29, 0.717) is 277 Å². The first kappa shape index (κ1) is 79.2. The summed E-state index contributed by atoms with van der Waals surface area (Å²) < 4.78 is 126. The van der Waals surface area contributed by atoms with E-state index in [1.165, 1.54) is 0 Å². The van der Waals surface area contributed by atoms with Crippen LogP contribution in [0.25, 0.3) is 0 Å². The van der Waals surface area contributed by atoms with Crippen molar-refractivity contribution in [3.63, 3.8) is 0 Å². The predicted octanol–water partition coefficient (Wildman–Crippen LogP) is 5.44. The fourth-order valence-electron chi connectivity index (χ4n) is 6.66. The molecule has 3 aromatic carbocycles. The van der Waals surface area contributed by atoms with Crippen molar-refractivity contribution in [3.8, 4) is 23.0 Å². The number of rotatable bonds is 67. The Labute approximate surface area is 517 Å². The lowest BCUT2D eigenvalue weighted by atomic mass is 10.2. The van der Waals surface area contributed by atoms with E-state index in [0.717, 1.165) is 28.6 Å². The van der Waals surface area contributed by atoms with Gasteiger partial charge in [0.1, 0.15) is 49.4 Å². The molecule has 0 aliphatic carbocycles. The molecule has 0 unspecified atom stereocenters. The van der Waals surface area contributed by atoms with Gasteiger partial charge in [-0.2, -0.15) is 0 Å². The highest BCUT2D eigenvalue weighted by molar-refractivity contribution is 5.32. The Morgan fingerprint density at radius 1 is 0.207 bits per heavy atom. The zero-order chi connectivity index (χ0) is 61.7. The van der Waals surface area contributed by atoms with Crippen LogP contribution < -0.4 is 18.9 Å². The number of aliphatic hydroxyl groups excluding tert-OH is 1. The van der Waals surface area contributed by atoms with Crippen molar-refractivity contribution in [1.29, 1.82) is 0 Å². The van der Waals surface area contributed by atoms with Gasteiger partial charge in [-0.15, -0.1) is 0 Å². The molecule has 3 aromatic rings. The average molecular weight is 1250 g/mol. The predicted molar refractivity (Wildman–Crippen MR) is 324 cm³/mol. The van der Waals surface area contributed by atoms with Crippen LogP contribution in [0.5, 0.6) is 23.0 Å². The van der Waals surface area contributed by atoms with Crippen LogP contribution in [0.1, 0.15) is 19.4 Å². The summed E-state index contributed by atoms with van der Waals surface area (Å²) in [6.07, 6.45) is 0. The molecule has 1 N–H and O–H groups in total. The van der Waals surface area contributed by atoms with Crippen molar-refractivity contribution in [2.24, 2.45) is 0 Å². The first-order valence-corrected chi connectivity index (χ1v) is 30.6. The first-order valence-electron chi connectivity index (χ1n) is 30.6. The molecule has 87 heavy (non-hydrogen) atoms. The third kappa shape index (κ3) is 57.0. The number of hydrogen-bond acceptors (Lipinski definition) is 24. The van der Waals surface area contributed by atoms with Gasteiger partial charge in [0, 0.05) is 13.2 Å². The summed E-state index contributed by atoms with van der Waals surface area (Å²) in [4.78, 5) is 0. The fourth-order valence-corrected chi connectivity index (χ4v) is 6.66. The van der Waals surface area contributed by atoms with E-state index in [2.05, 4.69) is 0 Å². The number of aliphatic hydroxyl groups is 1. The summed E-state index contributed by atoms with van der Waals surface area (Å²) in [7, 11) is 0. The van der Waals surface area contributed by atoms with Crippen molar-refractivity contribution in [3.05, 3.63) is 84.4 Å². The Balaban J connectivity index is 0.000000602. The van der Waals surface area contributed by atoms with Crippen LogP contribution >= 0.6 is 0 Å². The zero-order valence-electron chi connectivity index (χ0n) is 52.2. The minimum atomic E-state index is 0.0240. The Bertz CT molecular complexity index is 1770. The number of ether oxygens (including phenoxy) is 23. The number of benzene rings is 3. The molecule has 24 heteroatoms. The zero-order valence-corrected chi connectivity index (χ0v) is 52.2. The van der Waals surface area contributed by atoms with E-state index in [-0.39, 0.29) is 6.61 Å². The van der Waals surface area contributed by atoms with Crippen LogP contribution in [-0.4, -0.2) is 283 Å². The monoisotopic (exact) mass is 1250 g/mol. The van der Waals surface area contributed by atoms with E-state index in [9.17, 15) is 0 Å². The molecule has 0 atom stereocenters. The second kappa shape index (κ2) is 66.5. The van der Waals surface area contributed by atoms with Crippen LogP contribution in [0.2, 0.25) is 0 Å². The summed E-state index contributed by atoms with van der Waals surface area (Å²) in [6.45, 7) is 25.9. The number of hydrogen-bond donors (Lipinski definition) is 1. The van der Waals surface area contributed by atoms with Crippen LogP contribution in [0, 0.1) is 0 Å². The molecule has 0 saturated carbocycles. The third-order valence-corrected chi connectivity index (χ3v) is 11.0. The quantitative estimate of drug-likeness (QED) is 0.0694. The fraction of sp³-hybridized carbons (Fsp3) is 0.714. The maximum atomic E-state index is 8.58. The lowest BCUT2D eigenvalue weighted by Crippen LogP contribution is -2.14.